The molecule has 11 nitrogen and oxygen atoms in total. The Labute approximate surface area is 223 Å². The summed E-state index contributed by atoms with van der Waals surface area (Å²) < 4.78 is 53.9. The van der Waals surface area contributed by atoms with E-state index in [0.29, 0.717) is 61.1 Å². The van der Waals surface area contributed by atoms with Crippen LogP contribution in [0.25, 0.3) is 22.3 Å². The second kappa shape index (κ2) is 10.2. The highest BCUT2D eigenvalue weighted by molar-refractivity contribution is 5.93. The van der Waals surface area contributed by atoms with Crippen LogP contribution in [0.4, 0.5) is 29.5 Å². The Balaban J connectivity index is 1.49. The van der Waals surface area contributed by atoms with Crippen LogP contribution in [-0.2, 0) is 16.0 Å². The zero-order chi connectivity index (χ0) is 27.9. The first kappa shape index (κ1) is 27.0. The minimum absolute atomic E-state index is 0.255. The predicted octanol–water partition coefficient (Wildman–Crippen LogP) is 4.20. The Morgan fingerprint density at radius 2 is 1.92 bits per heavy atom. The molecule has 1 amide bonds. The fourth-order valence-corrected chi connectivity index (χ4v) is 4.83. The Hall–Kier alpha value is -3.55. The van der Waals surface area contributed by atoms with E-state index in [9.17, 15) is 18.0 Å². The van der Waals surface area contributed by atoms with Crippen LogP contribution in [-0.4, -0.2) is 80.1 Å². The number of pyridine rings is 1. The highest BCUT2D eigenvalue weighted by Crippen LogP contribution is 2.34. The minimum atomic E-state index is -4.46. The molecule has 1 atom stereocenters. The highest BCUT2D eigenvalue weighted by atomic mass is 19.4. The Kier molecular flexibility index (Phi) is 7.08. The number of piperazine rings is 1. The lowest BCUT2D eigenvalue weighted by Crippen LogP contribution is -2.50. The van der Waals surface area contributed by atoms with Gasteiger partial charge in [-0.05, 0) is 46.1 Å². The van der Waals surface area contributed by atoms with E-state index in [1.54, 1.807) is 42.6 Å². The summed E-state index contributed by atoms with van der Waals surface area (Å²) in [6.07, 6.45) is 0.713. The van der Waals surface area contributed by atoms with Crippen LogP contribution < -0.4 is 10.6 Å². The fourth-order valence-electron chi connectivity index (χ4n) is 4.83. The topological polar surface area (TPSA) is 117 Å². The van der Waals surface area contributed by atoms with Gasteiger partial charge >= 0.3 is 12.3 Å². The maximum Gasteiger partial charge on any atom is 0.410 e. The number of nitrogens with zero attached hydrogens (tertiary/aromatic N) is 7. The van der Waals surface area contributed by atoms with Gasteiger partial charge in [0.1, 0.15) is 29.9 Å². The molecular formula is C25H33F3N8O3. The average molecular weight is 551 g/mol. The van der Waals surface area contributed by atoms with Crippen LogP contribution in [0.15, 0.2) is 18.5 Å². The molecule has 2 aliphatic heterocycles. The lowest BCUT2D eigenvalue weighted by molar-refractivity contribution is -0.141. The van der Waals surface area contributed by atoms with Gasteiger partial charge in [-0.25, -0.2) is 14.5 Å². The molecule has 2 fully saturated rings. The summed E-state index contributed by atoms with van der Waals surface area (Å²) in [4.78, 5) is 20.9. The molecule has 0 spiro atoms. The second-order valence-electron chi connectivity index (χ2n) is 10.9. The van der Waals surface area contributed by atoms with Crippen LogP contribution in [0.3, 0.4) is 0 Å². The summed E-state index contributed by atoms with van der Waals surface area (Å²) in [6, 6.07) is 1.54. The minimum Gasteiger partial charge on any atom is -0.444 e. The molecule has 1 unspecified atom stereocenters. The second-order valence-corrected chi connectivity index (χ2v) is 10.9. The standard InChI is InChI=1S/C25H33F3N8O3/c1-24(2,3)39-23(37)34-9-7-33(8-10-34)22-16-13-30-36(15-25(26,27)28)19(16)12-18(31-22)21-17(29)14-35(32-21)20-6-4-5-11-38-20/h12-14,20H,4-11,15,29H2,1-3H3. The summed E-state index contributed by atoms with van der Waals surface area (Å²) in [7, 11) is 0. The van der Waals surface area contributed by atoms with E-state index in [1.165, 1.54) is 6.20 Å². The Morgan fingerprint density at radius 1 is 1.18 bits per heavy atom. The van der Waals surface area contributed by atoms with Gasteiger partial charge in [-0.3, -0.25) is 4.68 Å². The number of alkyl halides is 3. The van der Waals surface area contributed by atoms with Crippen molar-refractivity contribution in [1.82, 2.24) is 29.4 Å². The molecule has 0 saturated carbocycles. The molecular weight excluding hydrogens is 517 g/mol. The van der Waals surface area contributed by atoms with Crippen molar-refractivity contribution in [2.45, 2.75) is 64.6 Å². The quantitative estimate of drug-likeness (QED) is 0.514. The molecule has 3 aromatic heterocycles. The molecule has 0 aromatic carbocycles. The number of hydrogen-bond donors (Lipinski definition) is 1. The number of ether oxygens (including phenoxy) is 2. The Bertz CT molecular complexity index is 1330. The fraction of sp³-hybridized carbons (Fsp3) is 0.600. The van der Waals surface area contributed by atoms with E-state index >= 15 is 0 Å². The van der Waals surface area contributed by atoms with Crippen molar-refractivity contribution in [3.05, 3.63) is 18.5 Å². The third kappa shape index (κ3) is 6.05. The largest absolute Gasteiger partial charge is 0.444 e. The SMILES string of the molecule is CC(C)(C)OC(=O)N1CCN(c2nc(-c3nn(C4CCCCO4)cc3N)cc3c2cnn3CC(F)(F)F)CC1. The lowest BCUT2D eigenvalue weighted by Gasteiger charge is -2.36. The van der Waals surface area contributed by atoms with Gasteiger partial charge in [0.2, 0.25) is 0 Å². The van der Waals surface area contributed by atoms with E-state index < -0.39 is 24.4 Å². The molecule has 2 aliphatic rings. The van der Waals surface area contributed by atoms with Crippen LogP contribution in [0.1, 0.15) is 46.3 Å². The van der Waals surface area contributed by atoms with Gasteiger partial charge in [-0.2, -0.15) is 23.4 Å². The molecule has 0 bridgehead atoms. The number of nitrogens with two attached hydrogens (primary N) is 1. The summed E-state index contributed by atoms with van der Waals surface area (Å²) in [5.74, 6) is 0.461. The van der Waals surface area contributed by atoms with Gasteiger partial charge in [0.15, 0.2) is 0 Å². The van der Waals surface area contributed by atoms with Gasteiger partial charge in [-0.1, -0.05) is 0 Å². The normalized spacial score (nSPS) is 19.1. The number of carbonyl (C=O) groups is 1. The summed E-state index contributed by atoms with van der Waals surface area (Å²) >= 11 is 0. The van der Waals surface area contributed by atoms with Crippen LogP contribution in [0, 0.1) is 0 Å². The monoisotopic (exact) mass is 550 g/mol. The molecule has 5 heterocycles. The van der Waals surface area contributed by atoms with E-state index in [1.807, 2.05) is 4.90 Å². The molecule has 212 valence electrons. The number of fused-ring (bicyclic) bond motifs is 1. The van der Waals surface area contributed by atoms with E-state index in [4.69, 9.17) is 20.2 Å². The van der Waals surface area contributed by atoms with Crippen LogP contribution in [0.2, 0.25) is 0 Å². The van der Waals surface area contributed by atoms with Gasteiger partial charge < -0.3 is 25.0 Å². The van der Waals surface area contributed by atoms with Gasteiger partial charge in [0.25, 0.3) is 0 Å². The predicted molar refractivity (Wildman–Crippen MR) is 138 cm³/mol. The number of nitrogen functional groups attached to an aromatic ring is 1. The first-order chi connectivity index (χ1) is 18.4. The van der Waals surface area contributed by atoms with Crippen LogP contribution in [0.5, 0.6) is 0 Å². The first-order valence-corrected chi connectivity index (χ1v) is 13.0. The molecule has 2 saturated heterocycles. The molecule has 0 aliphatic carbocycles. The maximum atomic E-state index is 13.3. The zero-order valence-electron chi connectivity index (χ0n) is 22.2. The van der Waals surface area contributed by atoms with E-state index in [2.05, 4.69) is 10.2 Å². The highest BCUT2D eigenvalue weighted by Gasteiger charge is 2.32. The third-order valence-electron chi connectivity index (χ3n) is 6.63. The summed E-state index contributed by atoms with van der Waals surface area (Å²) in [5.41, 5.74) is 7.01. The van der Waals surface area contributed by atoms with Gasteiger partial charge in [0.05, 0.1) is 34.7 Å². The molecule has 14 heteroatoms. The van der Waals surface area contributed by atoms with E-state index in [0.717, 1.165) is 23.9 Å². The lowest BCUT2D eigenvalue weighted by atomic mass is 10.2. The average Bonchev–Trinajstić information content (AvgIpc) is 3.45. The van der Waals surface area contributed by atoms with Crippen molar-refractivity contribution < 1.29 is 27.4 Å². The maximum absolute atomic E-state index is 13.3. The van der Waals surface area contributed by atoms with Crippen molar-refractivity contribution in [2.24, 2.45) is 0 Å². The molecule has 0 radical (unpaired) electrons. The third-order valence-corrected chi connectivity index (χ3v) is 6.63. The number of amides is 1. The van der Waals surface area contributed by atoms with Gasteiger partial charge in [0, 0.05) is 32.8 Å². The molecule has 5 rings (SSSR count). The number of anilines is 2. The molecule has 2 N–H and O–H groups in total. The van der Waals surface area contributed by atoms with E-state index in [-0.39, 0.29) is 11.7 Å². The van der Waals surface area contributed by atoms with Crippen molar-refractivity contribution in [3.63, 3.8) is 0 Å². The van der Waals surface area contributed by atoms with Crippen molar-refractivity contribution in [3.8, 4) is 11.4 Å². The number of carbonyl (C=O) groups excluding carboxylic acids is 1. The van der Waals surface area contributed by atoms with Crippen molar-refractivity contribution in [2.75, 3.05) is 43.4 Å². The van der Waals surface area contributed by atoms with Gasteiger partial charge in [-0.15, -0.1) is 0 Å². The number of halogens is 3. The summed E-state index contributed by atoms with van der Waals surface area (Å²) in [5, 5.41) is 9.12. The van der Waals surface area contributed by atoms with Crippen molar-refractivity contribution >= 4 is 28.5 Å². The Morgan fingerprint density at radius 3 is 2.56 bits per heavy atom. The number of hydrogen-bond acceptors (Lipinski definition) is 8. The smallest absolute Gasteiger partial charge is 0.410 e. The zero-order valence-corrected chi connectivity index (χ0v) is 22.2. The molecule has 3 aromatic rings. The number of aromatic nitrogens is 5. The molecule has 39 heavy (non-hydrogen) atoms. The van der Waals surface area contributed by atoms with Crippen molar-refractivity contribution in [1.29, 1.82) is 0 Å². The summed E-state index contributed by atoms with van der Waals surface area (Å²) in [6.45, 7) is 6.36. The van der Waals surface area contributed by atoms with Crippen LogP contribution >= 0.6 is 0 Å². The first-order valence-electron chi connectivity index (χ1n) is 13.0. The number of rotatable bonds is 4.